The fourth-order valence-electron chi connectivity index (χ4n) is 2.56. The van der Waals surface area contributed by atoms with Gasteiger partial charge in [0.15, 0.2) is 0 Å². The normalized spacial score (nSPS) is 19.8. The lowest BCUT2D eigenvalue weighted by Crippen LogP contribution is -2.69. The number of nitrogens with zero attached hydrogens (tertiary/aromatic N) is 1. The van der Waals surface area contributed by atoms with Gasteiger partial charge in [0, 0.05) is 5.56 Å². The molecule has 4 amide bonds. The third-order valence-electron chi connectivity index (χ3n) is 3.88. The number of hydrogen-bond donors (Lipinski definition) is 2. The van der Waals surface area contributed by atoms with Gasteiger partial charge in [0.2, 0.25) is 0 Å². The Morgan fingerprint density at radius 1 is 1.00 bits per heavy atom. The van der Waals surface area contributed by atoms with E-state index >= 15 is 0 Å². The van der Waals surface area contributed by atoms with Gasteiger partial charge in [-0.25, -0.2) is 14.1 Å². The van der Waals surface area contributed by atoms with Crippen molar-refractivity contribution in [1.29, 1.82) is 0 Å². The highest BCUT2D eigenvalue weighted by atomic mass is 19.4. The van der Waals surface area contributed by atoms with Crippen LogP contribution in [0.4, 0.5) is 28.0 Å². The Balaban J connectivity index is 2.03. The molecule has 1 atom stereocenters. The van der Waals surface area contributed by atoms with E-state index in [4.69, 9.17) is 0 Å². The monoisotopic (exact) mass is 381 g/mol. The summed E-state index contributed by atoms with van der Waals surface area (Å²) >= 11 is 0. The summed E-state index contributed by atoms with van der Waals surface area (Å²) in [5.74, 6) is -4.18. The highest BCUT2D eigenvalue weighted by molar-refractivity contribution is 6.24. The summed E-state index contributed by atoms with van der Waals surface area (Å²) in [6.45, 7) is 0. The molecule has 3 rings (SSSR count). The van der Waals surface area contributed by atoms with Crippen LogP contribution in [-0.4, -0.2) is 29.7 Å². The van der Waals surface area contributed by atoms with Crippen molar-refractivity contribution in [3.8, 4) is 0 Å². The third kappa shape index (κ3) is 2.98. The first-order valence-corrected chi connectivity index (χ1v) is 7.53. The molecule has 1 saturated heterocycles. The Morgan fingerprint density at radius 3 is 2.19 bits per heavy atom. The van der Waals surface area contributed by atoms with Crippen LogP contribution in [0.5, 0.6) is 0 Å². The number of benzene rings is 2. The van der Waals surface area contributed by atoms with Crippen molar-refractivity contribution in [3.63, 3.8) is 0 Å². The Bertz CT molecular complexity index is 917. The highest BCUT2D eigenvalue weighted by Crippen LogP contribution is 2.36. The number of nitrogens with one attached hydrogen (secondary N) is 2. The van der Waals surface area contributed by atoms with E-state index in [1.165, 1.54) is 47.0 Å². The second-order valence-corrected chi connectivity index (χ2v) is 5.59. The zero-order chi connectivity index (χ0) is 19.8. The third-order valence-corrected chi connectivity index (χ3v) is 3.88. The first-order valence-electron chi connectivity index (χ1n) is 7.53. The number of carbonyl (C=O) groups excluding carboxylic acids is 3. The number of anilines is 1. The standard InChI is InChI=1S/C17H11F4N3O3/c18-11-8-4-5-9-12(11)24-14(26)16(17(19,20)21,23-15(24)27)22-13(25)10-6-2-1-3-7-10/h1-9H,(H,22,25)(H,23,27)/t16-/m0/s1. The smallest absolute Gasteiger partial charge is 0.314 e. The van der Waals surface area contributed by atoms with E-state index < -0.39 is 41.2 Å². The molecule has 27 heavy (non-hydrogen) atoms. The van der Waals surface area contributed by atoms with Crippen LogP contribution in [-0.2, 0) is 4.79 Å². The summed E-state index contributed by atoms with van der Waals surface area (Å²) in [4.78, 5) is 36.9. The van der Waals surface area contributed by atoms with Gasteiger partial charge < -0.3 is 5.32 Å². The molecule has 140 valence electrons. The van der Waals surface area contributed by atoms with E-state index in [1.807, 2.05) is 0 Å². The van der Waals surface area contributed by atoms with Gasteiger partial charge in [-0.2, -0.15) is 13.2 Å². The number of carbonyl (C=O) groups is 3. The minimum atomic E-state index is -5.38. The lowest BCUT2D eigenvalue weighted by atomic mass is 10.1. The average Bonchev–Trinajstić information content (AvgIpc) is 2.87. The maximum absolute atomic E-state index is 13.9. The number of hydrogen-bond acceptors (Lipinski definition) is 3. The molecule has 0 aromatic heterocycles. The van der Waals surface area contributed by atoms with Crippen molar-refractivity contribution in [1.82, 2.24) is 10.6 Å². The fourth-order valence-corrected chi connectivity index (χ4v) is 2.56. The van der Waals surface area contributed by atoms with Crippen molar-refractivity contribution >= 4 is 23.5 Å². The molecule has 10 heteroatoms. The number of rotatable bonds is 3. The van der Waals surface area contributed by atoms with Crippen LogP contribution >= 0.6 is 0 Å². The van der Waals surface area contributed by atoms with Crippen molar-refractivity contribution in [3.05, 3.63) is 66.0 Å². The number of amides is 4. The van der Waals surface area contributed by atoms with Gasteiger partial charge in [0.1, 0.15) is 5.82 Å². The van der Waals surface area contributed by atoms with Gasteiger partial charge in [-0.3, -0.25) is 14.9 Å². The summed E-state index contributed by atoms with van der Waals surface area (Å²) < 4.78 is 55.1. The number of urea groups is 1. The molecule has 0 bridgehead atoms. The number of halogens is 4. The van der Waals surface area contributed by atoms with Gasteiger partial charge in [-0.05, 0) is 24.3 Å². The van der Waals surface area contributed by atoms with Crippen LogP contribution in [0, 0.1) is 5.82 Å². The molecule has 1 heterocycles. The van der Waals surface area contributed by atoms with E-state index in [1.54, 1.807) is 6.07 Å². The summed E-state index contributed by atoms with van der Waals surface area (Å²) in [6.07, 6.45) is -5.38. The van der Waals surface area contributed by atoms with Gasteiger partial charge in [-0.15, -0.1) is 0 Å². The van der Waals surface area contributed by atoms with Gasteiger partial charge >= 0.3 is 12.2 Å². The first-order chi connectivity index (χ1) is 12.7. The van der Waals surface area contributed by atoms with Crippen molar-refractivity contribution in [2.24, 2.45) is 0 Å². The second kappa shape index (κ2) is 6.38. The molecule has 0 spiro atoms. The topological polar surface area (TPSA) is 78.5 Å². The van der Waals surface area contributed by atoms with Gasteiger partial charge in [0.25, 0.3) is 17.5 Å². The minimum Gasteiger partial charge on any atom is -0.314 e. The average molecular weight is 381 g/mol. The number of imide groups is 1. The van der Waals surface area contributed by atoms with Crippen LogP contribution in [0.25, 0.3) is 0 Å². The van der Waals surface area contributed by atoms with Crippen LogP contribution in [0.2, 0.25) is 0 Å². The van der Waals surface area contributed by atoms with E-state index in [0.717, 1.165) is 12.1 Å². The highest BCUT2D eigenvalue weighted by Gasteiger charge is 2.69. The lowest BCUT2D eigenvalue weighted by molar-refractivity contribution is -0.197. The molecule has 2 N–H and O–H groups in total. The molecule has 0 unspecified atom stereocenters. The predicted molar refractivity (Wildman–Crippen MR) is 85.1 cm³/mol. The maximum atomic E-state index is 13.9. The zero-order valence-electron chi connectivity index (χ0n) is 13.4. The van der Waals surface area contributed by atoms with Gasteiger partial charge in [-0.1, -0.05) is 30.3 Å². The van der Waals surface area contributed by atoms with E-state index in [2.05, 4.69) is 0 Å². The maximum Gasteiger partial charge on any atom is 0.440 e. The molecule has 1 fully saturated rings. The Labute approximate surface area is 149 Å². The van der Waals surface area contributed by atoms with Crippen LogP contribution in [0.1, 0.15) is 10.4 Å². The Kier molecular flexibility index (Phi) is 4.34. The number of para-hydroxylation sites is 1. The van der Waals surface area contributed by atoms with Gasteiger partial charge in [0.05, 0.1) is 5.69 Å². The van der Waals surface area contributed by atoms with E-state index in [0.29, 0.717) is 0 Å². The summed E-state index contributed by atoms with van der Waals surface area (Å²) in [5.41, 5.74) is -4.55. The van der Waals surface area contributed by atoms with Crippen molar-refractivity contribution in [2.45, 2.75) is 11.8 Å². The molecule has 0 aliphatic carbocycles. The number of alkyl halides is 3. The van der Waals surface area contributed by atoms with Crippen molar-refractivity contribution in [2.75, 3.05) is 4.90 Å². The Morgan fingerprint density at radius 2 is 1.59 bits per heavy atom. The molecule has 1 aliphatic heterocycles. The van der Waals surface area contributed by atoms with E-state index in [9.17, 15) is 31.9 Å². The fraction of sp³-hybridized carbons (Fsp3) is 0.118. The first kappa shape index (κ1) is 18.4. The summed E-state index contributed by atoms with van der Waals surface area (Å²) in [7, 11) is 0. The zero-order valence-corrected chi connectivity index (χ0v) is 13.4. The second-order valence-electron chi connectivity index (χ2n) is 5.59. The summed E-state index contributed by atoms with van der Waals surface area (Å²) in [5, 5.41) is 2.99. The Hall–Kier alpha value is -3.43. The predicted octanol–water partition coefficient (Wildman–Crippen LogP) is 2.57. The quantitative estimate of drug-likeness (QED) is 0.634. The van der Waals surface area contributed by atoms with E-state index in [-0.39, 0.29) is 10.5 Å². The largest absolute Gasteiger partial charge is 0.440 e. The summed E-state index contributed by atoms with van der Waals surface area (Å²) in [6, 6.07) is 9.65. The van der Waals surface area contributed by atoms with Crippen LogP contribution < -0.4 is 15.5 Å². The molecule has 0 radical (unpaired) electrons. The minimum absolute atomic E-state index is 0.00803. The van der Waals surface area contributed by atoms with Crippen molar-refractivity contribution < 1.29 is 31.9 Å². The molecular formula is C17H11F4N3O3. The molecule has 0 saturated carbocycles. The molecule has 1 aliphatic rings. The van der Waals surface area contributed by atoms with Crippen LogP contribution in [0.15, 0.2) is 54.6 Å². The molecule has 6 nitrogen and oxygen atoms in total. The van der Waals surface area contributed by atoms with Crippen LogP contribution in [0.3, 0.4) is 0 Å². The molecule has 2 aromatic rings. The lowest BCUT2D eigenvalue weighted by Gasteiger charge is -2.29. The molecule has 2 aromatic carbocycles. The molecular weight excluding hydrogens is 370 g/mol. The SMILES string of the molecule is O=C(N[C@]1(C(F)(F)F)NC(=O)N(c2ccccc2F)C1=O)c1ccccc1.